The molecule has 1 unspecified atom stereocenters. The second kappa shape index (κ2) is 25.7. The van der Waals surface area contributed by atoms with Crippen molar-refractivity contribution in [1.29, 1.82) is 0 Å². The molecule has 6 rings (SSSR count). The molecule has 1 aromatic heterocycles. The quantitative estimate of drug-likeness (QED) is 0.0783. The van der Waals surface area contributed by atoms with Gasteiger partial charge in [-0.15, -0.1) is 0 Å². The SMILES string of the molecule is CC[C@H]1OC(=O)[C@H](C)[C@@H](OC2C[C@@](C)(OC)[C@@H](O)[C@H](C)O2)[C@H](C)[C@@H](O[C@@H]2O[C@H](CC[C@H](CNS(=O)(=O)c3ccc(C(F)(F)F)cc3)n3cc(CNC)c4ccccc43)CC[C@H]2O)[C@](C)(OC)C[C@@H](C)C(=O)[C@H](C)[C@@H](O)[C@]1(C)O. The highest BCUT2D eigenvalue weighted by Crippen LogP contribution is 2.42. The zero-order valence-corrected chi connectivity index (χ0v) is 47.8. The Kier molecular flexibility index (Phi) is 20.9. The Labute approximate surface area is 457 Å². The fourth-order valence-corrected chi connectivity index (χ4v) is 12.9. The molecule has 3 aromatic rings. The topological polar surface area (TPSA) is 243 Å². The van der Waals surface area contributed by atoms with Gasteiger partial charge >= 0.3 is 12.1 Å². The number of ketones is 1. The number of aliphatic hydroxyl groups is 4. The predicted molar refractivity (Wildman–Crippen MR) is 282 cm³/mol. The minimum atomic E-state index is -4.66. The van der Waals surface area contributed by atoms with E-state index in [1.165, 1.54) is 28.1 Å². The van der Waals surface area contributed by atoms with Crippen molar-refractivity contribution in [3.05, 3.63) is 65.9 Å². The number of aromatic nitrogens is 1. The summed E-state index contributed by atoms with van der Waals surface area (Å²) in [6, 6.07) is 10.4. The van der Waals surface area contributed by atoms with Crippen LogP contribution in [-0.4, -0.2) is 151 Å². The summed E-state index contributed by atoms with van der Waals surface area (Å²) in [5, 5.41) is 50.5. The van der Waals surface area contributed by atoms with E-state index < -0.39 is 141 Å². The number of esters is 1. The summed E-state index contributed by atoms with van der Waals surface area (Å²) in [5.41, 5.74) is -3.82. The minimum Gasteiger partial charge on any atom is -0.459 e. The number of ether oxygens (including phenoxy) is 7. The third-order valence-corrected chi connectivity index (χ3v) is 18.3. The summed E-state index contributed by atoms with van der Waals surface area (Å²) in [7, 11) is 0.423. The van der Waals surface area contributed by atoms with E-state index in [-0.39, 0.29) is 37.1 Å². The van der Waals surface area contributed by atoms with Gasteiger partial charge in [0.1, 0.15) is 29.7 Å². The Morgan fingerprint density at radius 2 is 1.53 bits per heavy atom. The maximum atomic E-state index is 14.5. The fourth-order valence-electron chi connectivity index (χ4n) is 11.8. The number of nitrogens with zero attached hydrogens (tertiary/aromatic N) is 1. The Balaban J connectivity index is 1.35. The number of hydrogen-bond donors (Lipinski definition) is 6. The molecule has 0 saturated carbocycles. The van der Waals surface area contributed by atoms with E-state index in [2.05, 4.69) is 10.0 Å². The summed E-state index contributed by atoms with van der Waals surface area (Å²) < 4.78 is 117. The van der Waals surface area contributed by atoms with Gasteiger partial charge in [-0.1, -0.05) is 45.9 Å². The first-order chi connectivity index (χ1) is 36.5. The molecule has 0 bridgehead atoms. The molecule has 18 nitrogen and oxygen atoms in total. The van der Waals surface area contributed by atoms with Crippen molar-refractivity contribution in [3.8, 4) is 0 Å². The summed E-state index contributed by atoms with van der Waals surface area (Å²) in [6.45, 7) is 15.1. The number of alkyl halides is 3. The number of carbonyl (C=O) groups excluding carboxylic acids is 2. The third-order valence-electron chi connectivity index (χ3n) is 16.8. The summed E-state index contributed by atoms with van der Waals surface area (Å²) in [4.78, 5) is 28.5. The lowest BCUT2D eigenvalue weighted by Gasteiger charge is -2.49. The molecule has 3 saturated heterocycles. The van der Waals surface area contributed by atoms with Crippen LogP contribution in [0.2, 0.25) is 0 Å². The molecule has 2 aromatic carbocycles. The first-order valence-electron chi connectivity index (χ1n) is 27.1. The molecule has 0 radical (unpaired) electrons. The minimum absolute atomic E-state index is 0.0130. The van der Waals surface area contributed by atoms with Gasteiger partial charge in [-0.05, 0) is 116 Å². The van der Waals surface area contributed by atoms with Crippen molar-refractivity contribution in [3.63, 3.8) is 0 Å². The van der Waals surface area contributed by atoms with Gasteiger partial charge in [0.2, 0.25) is 10.0 Å². The third kappa shape index (κ3) is 14.0. The number of nitrogens with one attached hydrogen (secondary N) is 2. The average Bonchev–Trinajstić information content (AvgIpc) is 3.79. The molecule has 0 amide bonds. The van der Waals surface area contributed by atoms with Crippen molar-refractivity contribution in [2.24, 2.45) is 23.7 Å². The number of carbonyl (C=O) groups is 2. The van der Waals surface area contributed by atoms with Crippen LogP contribution < -0.4 is 10.0 Å². The number of para-hydroxylation sites is 1. The number of benzene rings is 2. The number of hydrogen-bond acceptors (Lipinski definition) is 16. The van der Waals surface area contributed by atoms with Gasteiger partial charge < -0.3 is 63.5 Å². The Morgan fingerprint density at radius 1 is 0.872 bits per heavy atom. The van der Waals surface area contributed by atoms with Crippen LogP contribution in [0.25, 0.3) is 10.9 Å². The van der Waals surface area contributed by atoms with Gasteiger partial charge in [-0.3, -0.25) is 9.59 Å². The summed E-state index contributed by atoms with van der Waals surface area (Å²) >= 11 is 0. The largest absolute Gasteiger partial charge is 0.459 e. The Hall–Kier alpha value is -3.62. The van der Waals surface area contributed by atoms with Crippen molar-refractivity contribution < 1.29 is 84.8 Å². The summed E-state index contributed by atoms with van der Waals surface area (Å²) in [6.07, 6.45) is -12.6. The predicted octanol–water partition coefficient (Wildman–Crippen LogP) is 6.57. The molecule has 78 heavy (non-hydrogen) atoms. The van der Waals surface area contributed by atoms with Crippen LogP contribution in [0, 0.1) is 23.7 Å². The van der Waals surface area contributed by atoms with E-state index in [0.717, 1.165) is 40.7 Å². The van der Waals surface area contributed by atoms with Crippen LogP contribution in [0.1, 0.15) is 124 Å². The van der Waals surface area contributed by atoms with Crippen molar-refractivity contribution in [1.82, 2.24) is 14.6 Å². The van der Waals surface area contributed by atoms with Crippen LogP contribution in [0.15, 0.2) is 59.6 Å². The molecule has 440 valence electrons. The maximum absolute atomic E-state index is 14.5. The normalized spacial score (nSPS) is 36.5. The smallest absolute Gasteiger partial charge is 0.416 e. The average molecular weight is 1130 g/mol. The van der Waals surface area contributed by atoms with Gasteiger partial charge in [-0.2, -0.15) is 13.2 Å². The lowest BCUT2D eigenvalue weighted by molar-refractivity contribution is -0.316. The Bertz CT molecular complexity index is 2590. The number of cyclic esters (lactones) is 1. The summed E-state index contributed by atoms with van der Waals surface area (Å²) in [5.74, 6) is -5.16. The van der Waals surface area contributed by atoms with E-state index in [0.29, 0.717) is 25.8 Å². The molecule has 3 aliphatic heterocycles. The molecular weight excluding hydrogens is 1040 g/mol. The van der Waals surface area contributed by atoms with Crippen molar-refractivity contribution in [2.45, 2.75) is 209 Å². The number of sulfonamides is 1. The number of methoxy groups -OCH3 is 2. The van der Waals surface area contributed by atoms with Crippen LogP contribution in [-0.2, 0) is 65.5 Å². The lowest BCUT2D eigenvalue weighted by atomic mass is 9.74. The molecule has 0 aliphatic carbocycles. The Morgan fingerprint density at radius 3 is 2.14 bits per heavy atom. The molecule has 4 heterocycles. The second-order valence-electron chi connectivity index (χ2n) is 22.5. The van der Waals surface area contributed by atoms with E-state index in [1.807, 2.05) is 42.1 Å². The zero-order chi connectivity index (χ0) is 57.9. The monoisotopic (exact) mass is 1130 g/mol. The fraction of sp³-hybridized carbons (Fsp3) is 0.714. The number of rotatable bonds is 17. The molecule has 6 N–H and O–H groups in total. The molecule has 3 fully saturated rings. The first-order valence-corrected chi connectivity index (χ1v) is 28.6. The van der Waals surface area contributed by atoms with Gasteiger partial charge in [0.15, 0.2) is 12.6 Å². The standard InChI is InChI=1S/C56H84F3N3O15S/c1-13-44-55(9,68)48(65)32(3)46(64)31(2)26-54(8,72-12)50(33(4)47(34(5)51(67)75-44)76-45-27-53(7,71-11)49(66)35(6)73-45)77-52-43(63)25-22-39(74-52)21-20-38(62-30-36(28-60-10)41-16-14-15-17-42(41)62)29-61-78(69,70)40-23-18-37(19-24-40)56(57,58)59/h14-19,23-24,30-35,38-39,43-45,47-50,52,60-61,63,65-66,68H,13,20-22,25-29H2,1-12H3/t31-,32+,33+,34-,35+,38-,39-,43-,44-,45?,47+,48-,49+,50-,52+,53-,54-,55-/m1/s1. The van der Waals surface area contributed by atoms with Crippen molar-refractivity contribution >= 4 is 32.7 Å². The molecule has 0 spiro atoms. The number of fused-ring (bicyclic) bond motifs is 1. The zero-order valence-electron chi connectivity index (χ0n) is 47.0. The second-order valence-corrected chi connectivity index (χ2v) is 24.3. The molecule has 22 heteroatoms. The van der Waals surface area contributed by atoms with E-state index >= 15 is 0 Å². The van der Waals surface area contributed by atoms with Crippen LogP contribution in [0.4, 0.5) is 13.2 Å². The molecular formula is C56H84F3N3O15S. The maximum Gasteiger partial charge on any atom is 0.416 e. The van der Waals surface area contributed by atoms with Gasteiger partial charge in [-0.25, -0.2) is 13.1 Å². The highest BCUT2D eigenvalue weighted by Gasteiger charge is 2.54. The lowest BCUT2D eigenvalue weighted by Crippen LogP contribution is -2.60. The molecule has 18 atom stereocenters. The van der Waals surface area contributed by atoms with Gasteiger partial charge in [0.05, 0.1) is 58.1 Å². The van der Waals surface area contributed by atoms with Crippen molar-refractivity contribution in [2.75, 3.05) is 27.8 Å². The van der Waals surface area contributed by atoms with Crippen LogP contribution in [0.5, 0.6) is 0 Å². The van der Waals surface area contributed by atoms with E-state index in [9.17, 15) is 51.6 Å². The highest BCUT2D eigenvalue weighted by atomic mass is 32.2. The van der Waals surface area contributed by atoms with Gasteiger partial charge in [0.25, 0.3) is 0 Å². The van der Waals surface area contributed by atoms with Crippen LogP contribution >= 0.6 is 0 Å². The van der Waals surface area contributed by atoms with E-state index in [1.54, 1.807) is 48.5 Å². The number of halogens is 3. The first kappa shape index (κ1) is 63.6. The van der Waals surface area contributed by atoms with E-state index in [4.69, 9.17) is 33.2 Å². The number of aliphatic hydroxyl groups excluding tert-OH is 3. The number of Topliss-reactive ketones (excluding diaryl/α,β-unsaturated/α-hetero) is 1. The molecule has 3 aliphatic rings. The van der Waals surface area contributed by atoms with Gasteiger partial charge in [0, 0.05) is 74.6 Å². The van der Waals surface area contributed by atoms with Crippen LogP contribution in [0.3, 0.4) is 0 Å². The highest BCUT2D eigenvalue weighted by molar-refractivity contribution is 7.89.